The minimum absolute atomic E-state index is 0. The number of hydrogen-bond donors (Lipinski definition) is 0. The molecule has 0 N–H and O–H groups in total. The Kier molecular flexibility index (Phi) is 14.3. The van der Waals surface area contributed by atoms with E-state index in [0.717, 1.165) is 65.6 Å². The van der Waals surface area contributed by atoms with Crippen molar-refractivity contribution in [1.29, 1.82) is 0 Å². The normalized spacial score (nSPS) is 13.6. The highest BCUT2D eigenvalue weighted by Gasteiger charge is 2.20. The maximum atomic E-state index is 13.1. The number of benzene rings is 4. The van der Waals surface area contributed by atoms with Gasteiger partial charge < -0.3 is 23.8 Å². The van der Waals surface area contributed by atoms with Crippen LogP contribution in [0.15, 0.2) is 109 Å². The number of aryl methyl sites for hydroxylation is 3. The summed E-state index contributed by atoms with van der Waals surface area (Å²) in [4.78, 5) is 21.9. The Morgan fingerprint density at radius 3 is 2.02 bits per heavy atom. The molecule has 1 aromatic heterocycles. The van der Waals surface area contributed by atoms with Crippen LogP contribution in [0.5, 0.6) is 28.9 Å². The topological polar surface area (TPSA) is 73.4 Å². The summed E-state index contributed by atoms with van der Waals surface area (Å²) < 4.78 is 23.4. The quantitative estimate of drug-likeness (QED) is 0.104. The van der Waals surface area contributed by atoms with E-state index in [0.29, 0.717) is 31.3 Å². The molecule has 1 amide bonds. The van der Waals surface area contributed by atoms with Gasteiger partial charge in [0.2, 0.25) is 11.8 Å². The van der Waals surface area contributed by atoms with Gasteiger partial charge in [-0.1, -0.05) is 54.1 Å². The van der Waals surface area contributed by atoms with Crippen molar-refractivity contribution in [2.75, 3.05) is 33.3 Å². The second kappa shape index (κ2) is 19.3. The first-order valence-corrected chi connectivity index (χ1v) is 18.2. The second-order valence-electron chi connectivity index (χ2n) is 13.8. The minimum Gasteiger partial charge on any atom is -0.497 e. The first-order chi connectivity index (χ1) is 25.7. The first-order valence-electron chi connectivity index (χ1n) is 18.2. The smallest absolute Gasteiger partial charge is 0.246 e. The van der Waals surface area contributed by atoms with E-state index in [1.165, 1.54) is 16.7 Å². The van der Waals surface area contributed by atoms with Crippen LogP contribution in [0, 0.1) is 20.8 Å². The number of carbonyl (C=O) groups excluding carboxylic acids is 1. The van der Waals surface area contributed by atoms with Gasteiger partial charge in [0.05, 0.1) is 19.4 Å². The van der Waals surface area contributed by atoms with Gasteiger partial charge >= 0.3 is 0 Å². The number of methoxy groups -OCH3 is 1. The first kappa shape index (κ1) is 40.1. The molecule has 4 aromatic carbocycles. The van der Waals surface area contributed by atoms with Crippen LogP contribution < -0.4 is 18.9 Å². The fraction of sp³-hybridized carbons (Fsp3) is 0.289. The summed E-state index contributed by atoms with van der Waals surface area (Å²) in [5, 5.41) is 0. The van der Waals surface area contributed by atoms with Gasteiger partial charge in [0, 0.05) is 51.3 Å². The van der Waals surface area contributed by atoms with Gasteiger partial charge in [0.15, 0.2) is 0 Å². The van der Waals surface area contributed by atoms with Crippen molar-refractivity contribution in [3.05, 3.63) is 148 Å². The maximum absolute atomic E-state index is 13.1. The summed E-state index contributed by atoms with van der Waals surface area (Å²) in [5.74, 6) is 3.64. The van der Waals surface area contributed by atoms with Crippen molar-refractivity contribution < 1.29 is 23.7 Å². The summed E-state index contributed by atoms with van der Waals surface area (Å²) in [7, 11) is 1.65. The molecular weight excluding hydrogens is 742 g/mol. The highest BCUT2D eigenvalue weighted by molar-refractivity contribution is 8.93. The third-order valence-electron chi connectivity index (χ3n) is 9.38. The predicted molar refractivity (Wildman–Crippen MR) is 220 cm³/mol. The van der Waals surface area contributed by atoms with E-state index in [4.69, 9.17) is 18.9 Å². The molecule has 6 rings (SSSR count). The number of ether oxygens (including phenoxy) is 4. The summed E-state index contributed by atoms with van der Waals surface area (Å²) in [5.41, 5.74) is 7.69. The van der Waals surface area contributed by atoms with Gasteiger partial charge in [-0.25, -0.2) is 4.98 Å². The number of rotatable bonds is 14. The summed E-state index contributed by atoms with van der Waals surface area (Å²) in [6, 6.07) is 32.5. The minimum atomic E-state index is 0. The number of piperazine rings is 1. The van der Waals surface area contributed by atoms with Crippen LogP contribution in [-0.2, 0) is 24.4 Å². The standard InChI is InChI=1S/C45H49N3O5.BrH/c1-32-6-15-41(16-7-32)52-35(4)28-36-8-10-37(11-9-36)30-47-22-24-48(25-23-47)44(49)21-14-39-26-33(2)45(34(3)27-39)53-43-20-19-42(29-46-43)51-31-38-12-17-40(50-5)18-13-38;/h6-21,26-27,29,35H,22-25,28,30-31H2,1-5H3;1H. The van der Waals surface area contributed by atoms with Crippen LogP contribution in [0.1, 0.15) is 45.9 Å². The molecular formula is C45H50BrN3O5. The van der Waals surface area contributed by atoms with Gasteiger partial charge in [-0.05, 0) is 110 Å². The van der Waals surface area contributed by atoms with Crippen molar-refractivity contribution in [3.63, 3.8) is 0 Å². The number of amides is 1. The summed E-state index contributed by atoms with van der Waals surface area (Å²) >= 11 is 0. The van der Waals surface area contributed by atoms with E-state index in [9.17, 15) is 4.79 Å². The Morgan fingerprint density at radius 2 is 1.39 bits per heavy atom. The third-order valence-corrected chi connectivity index (χ3v) is 9.38. The van der Waals surface area contributed by atoms with E-state index in [1.807, 2.05) is 79.4 Å². The van der Waals surface area contributed by atoms with E-state index in [1.54, 1.807) is 25.4 Å². The second-order valence-corrected chi connectivity index (χ2v) is 13.8. The molecule has 2 heterocycles. The van der Waals surface area contributed by atoms with Gasteiger partial charge in [0.25, 0.3) is 0 Å². The molecule has 5 aromatic rings. The fourth-order valence-electron chi connectivity index (χ4n) is 6.41. The molecule has 1 atom stereocenters. The van der Waals surface area contributed by atoms with E-state index in [2.05, 4.69) is 60.1 Å². The zero-order valence-electron chi connectivity index (χ0n) is 31.8. The van der Waals surface area contributed by atoms with Crippen LogP contribution in [0.4, 0.5) is 0 Å². The van der Waals surface area contributed by atoms with Gasteiger partial charge in [-0.2, -0.15) is 0 Å². The van der Waals surface area contributed by atoms with Crippen molar-refractivity contribution >= 4 is 29.0 Å². The molecule has 282 valence electrons. The van der Waals surface area contributed by atoms with Crippen LogP contribution in [-0.4, -0.2) is 60.1 Å². The molecule has 54 heavy (non-hydrogen) atoms. The van der Waals surface area contributed by atoms with Crippen molar-refractivity contribution in [2.45, 2.75) is 53.4 Å². The molecule has 0 aliphatic carbocycles. The van der Waals surface area contributed by atoms with Crippen LogP contribution >= 0.6 is 17.0 Å². The van der Waals surface area contributed by atoms with E-state index < -0.39 is 0 Å². The fourth-order valence-corrected chi connectivity index (χ4v) is 6.41. The molecule has 0 spiro atoms. The van der Waals surface area contributed by atoms with Crippen molar-refractivity contribution in [1.82, 2.24) is 14.8 Å². The van der Waals surface area contributed by atoms with Crippen molar-refractivity contribution in [2.24, 2.45) is 0 Å². The van der Waals surface area contributed by atoms with E-state index >= 15 is 0 Å². The number of halogens is 1. The average molecular weight is 793 g/mol. The molecule has 1 aliphatic rings. The lowest BCUT2D eigenvalue weighted by atomic mass is 10.0. The molecule has 0 bridgehead atoms. The highest BCUT2D eigenvalue weighted by atomic mass is 79.9. The zero-order chi connectivity index (χ0) is 37.2. The number of aromatic nitrogens is 1. The number of hydrogen-bond acceptors (Lipinski definition) is 7. The van der Waals surface area contributed by atoms with Crippen molar-refractivity contribution in [3.8, 4) is 28.9 Å². The SMILES string of the molecule is Br.COc1ccc(COc2ccc(Oc3c(C)cc(C=CC(=O)N4CCN(Cc5ccc(CC(C)Oc6ccc(C)cc6)cc5)CC4)cc3C)nc2)cc1. The number of pyridine rings is 1. The molecule has 8 nitrogen and oxygen atoms in total. The summed E-state index contributed by atoms with van der Waals surface area (Å²) in [6.07, 6.45) is 6.18. The average Bonchev–Trinajstić information content (AvgIpc) is 3.17. The maximum Gasteiger partial charge on any atom is 0.246 e. The predicted octanol–water partition coefficient (Wildman–Crippen LogP) is 9.33. The Bertz CT molecular complexity index is 1950. The Morgan fingerprint density at radius 1 is 0.778 bits per heavy atom. The Hall–Kier alpha value is -5.12. The third kappa shape index (κ3) is 11.4. The molecule has 0 radical (unpaired) electrons. The highest BCUT2D eigenvalue weighted by Crippen LogP contribution is 2.30. The van der Waals surface area contributed by atoms with Crippen LogP contribution in [0.25, 0.3) is 6.08 Å². The van der Waals surface area contributed by atoms with Crippen LogP contribution in [0.2, 0.25) is 0 Å². The van der Waals surface area contributed by atoms with Gasteiger partial charge in [-0.3, -0.25) is 9.69 Å². The van der Waals surface area contributed by atoms with E-state index in [-0.39, 0.29) is 29.0 Å². The molecule has 9 heteroatoms. The number of nitrogens with zero attached hydrogens (tertiary/aromatic N) is 3. The molecule has 0 saturated carbocycles. The monoisotopic (exact) mass is 791 g/mol. The molecule has 1 fully saturated rings. The molecule has 1 saturated heterocycles. The Balaban J connectivity index is 0.00000561. The zero-order valence-corrected chi connectivity index (χ0v) is 33.5. The van der Waals surface area contributed by atoms with Gasteiger partial charge in [-0.15, -0.1) is 17.0 Å². The van der Waals surface area contributed by atoms with Crippen LogP contribution in [0.3, 0.4) is 0 Å². The largest absolute Gasteiger partial charge is 0.497 e. The summed E-state index contributed by atoms with van der Waals surface area (Å²) in [6.45, 7) is 12.6. The lowest BCUT2D eigenvalue weighted by Gasteiger charge is -2.34. The Labute approximate surface area is 330 Å². The molecule has 1 unspecified atom stereocenters. The number of carbonyl (C=O) groups is 1. The molecule has 1 aliphatic heterocycles. The van der Waals surface area contributed by atoms with Gasteiger partial charge in [0.1, 0.15) is 29.6 Å². The lowest BCUT2D eigenvalue weighted by Crippen LogP contribution is -2.47. The lowest BCUT2D eigenvalue weighted by molar-refractivity contribution is -0.127.